The molecule has 0 fully saturated rings. The highest BCUT2D eigenvalue weighted by molar-refractivity contribution is 5.96. The molecule has 3 aromatic carbocycles. The standard InChI is InChI=1S/C31H35N5.ClHO4/c1-19-25-15-13-23(35(5)6)17-27(25)32-30(19)29(21-9-11-22(12-10-21)34(3)4)31-20(2)26-16-14-24(36(7)8)18-28(26)33-31;2-1(3,4)5/h9-18,32H,1-8H3;(H,2,3,4,5). The lowest BCUT2D eigenvalue weighted by atomic mass is 9.94. The Morgan fingerprint density at radius 2 is 1.22 bits per heavy atom. The number of rotatable bonds is 5. The number of halogens is 1. The van der Waals surface area contributed by atoms with Crippen molar-refractivity contribution in [2.24, 2.45) is 0 Å². The van der Waals surface area contributed by atoms with E-state index >= 15 is 0 Å². The molecule has 0 atom stereocenters. The fourth-order valence-electron chi connectivity index (χ4n) is 5.05. The topological polar surface area (TPSA) is 132 Å². The minimum Gasteiger partial charge on any atom is -0.378 e. The first kappa shape index (κ1) is 30.1. The molecule has 10 heteroatoms. The molecule has 0 bridgehead atoms. The lowest BCUT2D eigenvalue weighted by Gasteiger charge is -2.17. The lowest BCUT2D eigenvalue weighted by Crippen LogP contribution is -2.74. The summed E-state index contributed by atoms with van der Waals surface area (Å²) in [5.74, 6) is 0. The summed E-state index contributed by atoms with van der Waals surface area (Å²) in [7, 11) is 7.53. The number of nitrogens with one attached hydrogen (secondary N) is 2. The predicted octanol–water partition coefficient (Wildman–Crippen LogP) is -1.74. The summed E-state index contributed by atoms with van der Waals surface area (Å²) in [6.45, 7) is 4.44. The van der Waals surface area contributed by atoms with Crippen LogP contribution in [0.15, 0.2) is 66.4 Å². The Bertz CT molecular complexity index is 1730. The summed E-state index contributed by atoms with van der Waals surface area (Å²) in [5.41, 5.74) is 11.9. The van der Waals surface area contributed by atoms with Gasteiger partial charge in [-0.2, -0.15) is 0 Å². The van der Waals surface area contributed by atoms with Crippen molar-refractivity contribution in [2.75, 3.05) is 57.0 Å². The smallest absolute Gasteiger partial charge is 0.217 e. The largest absolute Gasteiger partial charge is 0.378 e. The molecule has 2 N–H and O–H groups in total. The predicted molar refractivity (Wildman–Crippen MR) is 153 cm³/mol. The Morgan fingerprint density at radius 1 is 0.707 bits per heavy atom. The van der Waals surface area contributed by atoms with Gasteiger partial charge in [0.2, 0.25) is 11.1 Å². The van der Waals surface area contributed by atoms with Gasteiger partial charge in [0.05, 0.1) is 16.5 Å². The number of fused-ring (bicyclic) bond motifs is 2. The van der Waals surface area contributed by atoms with E-state index in [-0.39, 0.29) is 0 Å². The fraction of sp³-hybridized carbons (Fsp3) is 0.258. The van der Waals surface area contributed by atoms with E-state index in [0.717, 1.165) is 22.3 Å². The number of nitrogens with zero attached hydrogens (tertiary/aromatic N) is 3. The van der Waals surface area contributed by atoms with Gasteiger partial charge in [0, 0.05) is 81.9 Å². The van der Waals surface area contributed by atoms with Crippen molar-refractivity contribution >= 4 is 39.1 Å². The molecule has 41 heavy (non-hydrogen) atoms. The van der Waals surface area contributed by atoms with Crippen LogP contribution in [-0.4, -0.2) is 47.3 Å². The van der Waals surface area contributed by atoms with Crippen LogP contribution in [0.5, 0.6) is 0 Å². The maximum Gasteiger partial charge on any atom is 0.217 e. The van der Waals surface area contributed by atoms with E-state index in [1.807, 2.05) is 0 Å². The molecule has 1 aliphatic heterocycles. The third-order valence-electron chi connectivity index (χ3n) is 7.29. The maximum absolute atomic E-state index is 8.49. The van der Waals surface area contributed by atoms with Crippen molar-refractivity contribution in [2.45, 2.75) is 13.8 Å². The van der Waals surface area contributed by atoms with Crippen LogP contribution >= 0.6 is 0 Å². The molecule has 1 aliphatic rings. The van der Waals surface area contributed by atoms with Gasteiger partial charge in [0.25, 0.3) is 0 Å². The Kier molecular flexibility index (Phi) is 8.49. The van der Waals surface area contributed by atoms with Crippen LogP contribution in [0.2, 0.25) is 0 Å². The second-order valence-corrected chi connectivity index (χ2v) is 11.4. The highest BCUT2D eigenvalue weighted by Crippen LogP contribution is 2.35. The van der Waals surface area contributed by atoms with Crippen molar-refractivity contribution in [1.82, 2.24) is 4.98 Å². The van der Waals surface area contributed by atoms with Crippen LogP contribution in [0.3, 0.4) is 0 Å². The van der Waals surface area contributed by atoms with Crippen LogP contribution in [0.1, 0.15) is 23.7 Å². The summed E-state index contributed by atoms with van der Waals surface area (Å²) in [5, 5.41) is 3.66. The Labute approximate surface area is 242 Å². The van der Waals surface area contributed by atoms with Crippen molar-refractivity contribution in [3.05, 3.63) is 93.8 Å². The van der Waals surface area contributed by atoms with Gasteiger partial charge in [0.15, 0.2) is 0 Å². The van der Waals surface area contributed by atoms with Gasteiger partial charge in [-0.25, -0.2) is 23.6 Å². The van der Waals surface area contributed by atoms with E-state index in [1.54, 1.807) is 0 Å². The van der Waals surface area contributed by atoms with Gasteiger partial charge >= 0.3 is 0 Å². The SMILES string of the molecule is CC1=c2ccc(N(C)C)cc2=[NH+]C1=C(c1ccc(N(C)C)cc1)c1[nH]c2cc(N(C)C)ccc2c1C.[O-][Cl+3]([O-])([O-])[O-]. The summed E-state index contributed by atoms with van der Waals surface area (Å²) < 4.78 is 34.0. The number of aryl methyl sites for hydroxylation is 1. The Balaban J connectivity index is 0.000000714. The molecule has 0 radical (unpaired) electrons. The van der Waals surface area contributed by atoms with E-state index < -0.39 is 10.2 Å². The van der Waals surface area contributed by atoms with E-state index in [9.17, 15) is 0 Å². The molecule has 5 rings (SSSR count). The number of aromatic nitrogens is 1. The van der Waals surface area contributed by atoms with Gasteiger partial charge in [-0.05, 0) is 61.4 Å². The zero-order valence-electron chi connectivity index (χ0n) is 24.6. The van der Waals surface area contributed by atoms with Crippen LogP contribution in [-0.2, 0) is 0 Å². The molecule has 0 saturated heterocycles. The number of hydrogen-bond acceptors (Lipinski definition) is 7. The minimum atomic E-state index is -4.94. The molecular weight excluding hydrogens is 542 g/mol. The Morgan fingerprint density at radius 3 is 1.78 bits per heavy atom. The van der Waals surface area contributed by atoms with Gasteiger partial charge in [0.1, 0.15) is 0 Å². The van der Waals surface area contributed by atoms with Gasteiger partial charge in [-0.15, -0.1) is 10.2 Å². The summed E-state index contributed by atoms with van der Waals surface area (Å²) in [6, 6.07) is 22.2. The second-order valence-electron chi connectivity index (χ2n) is 10.7. The summed E-state index contributed by atoms with van der Waals surface area (Å²) in [6.07, 6.45) is 0. The molecule has 1 aromatic heterocycles. The summed E-state index contributed by atoms with van der Waals surface area (Å²) in [4.78, 5) is 14.0. The average molecular weight is 578 g/mol. The first-order valence-corrected chi connectivity index (χ1v) is 14.3. The van der Waals surface area contributed by atoms with E-state index in [0.29, 0.717) is 0 Å². The average Bonchev–Trinajstić information content (AvgIpc) is 3.39. The maximum atomic E-state index is 8.49. The third-order valence-corrected chi connectivity index (χ3v) is 7.29. The molecule has 216 valence electrons. The lowest BCUT2D eigenvalue weighted by molar-refractivity contribution is -2.00. The third kappa shape index (κ3) is 6.56. The van der Waals surface area contributed by atoms with Gasteiger partial charge in [-0.1, -0.05) is 18.2 Å². The van der Waals surface area contributed by atoms with E-state index in [1.165, 1.54) is 49.9 Å². The summed E-state index contributed by atoms with van der Waals surface area (Å²) >= 11 is 0. The van der Waals surface area contributed by atoms with Crippen LogP contribution in [0.4, 0.5) is 17.1 Å². The van der Waals surface area contributed by atoms with Crippen molar-refractivity contribution < 1.29 is 33.9 Å². The fourth-order valence-corrected chi connectivity index (χ4v) is 5.05. The van der Waals surface area contributed by atoms with Crippen molar-refractivity contribution in [3.63, 3.8) is 0 Å². The normalized spacial score (nSPS) is 13.8. The first-order chi connectivity index (χ1) is 19.2. The number of aromatic amines is 1. The molecule has 0 spiro atoms. The molecule has 2 heterocycles. The van der Waals surface area contributed by atoms with E-state index in [4.69, 9.17) is 18.6 Å². The monoisotopic (exact) mass is 577 g/mol. The Hall–Kier alpha value is -3.86. The zero-order valence-corrected chi connectivity index (χ0v) is 25.4. The molecule has 0 amide bonds. The minimum absolute atomic E-state index is 1.15. The number of anilines is 3. The van der Waals surface area contributed by atoms with E-state index in [2.05, 4.69) is 141 Å². The highest BCUT2D eigenvalue weighted by atomic mass is 35.7. The molecule has 0 aliphatic carbocycles. The van der Waals surface area contributed by atoms with Gasteiger partial charge in [-0.3, -0.25) is 0 Å². The van der Waals surface area contributed by atoms with Crippen molar-refractivity contribution in [1.29, 1.82) is 0 Å². The number of allylic oxidation sites excluding steroid dienone is 1. The second kappa shape index (κ2) is 11.6. The molecule has 0 saturated carbocycles. The molecule has 4 aromatic rings. The molecular formula is C31H36ClN5O4. The number of H-pyrrole nitrogens is 1. The van der Waals surface area contributed by atoms with Gasteiger partial charge < -0.3 is 19.7 Å². The van der Waals surface area contributed by atoms with Crippen LogP contribution in [0.25, 0.3) is 22.0 Å². The quantitative estimate of drug-likeness (QED) is 0.288. The number of benzene rings is 3. The molecule has 0 unspecified atom stereocenters. The van der Waals surface area contributed by atoms with Crippen LogP contribution < -0.4 is 48.9 Å². The van der Waals surface area contributed by atoms with Crippen molar-refractivity contribution in [3.8, 4) is 0 Å². The molecule has 9 nitrogen and oxygen atoms in total. The zero-order chi connectivity index (χ0) is 30.2. The highest BCUT2D eigenvalue weighted by Gasteiger charge is 2.26. The number of hydrogen-bond donors (Lipinski definition) is 2. The first-order valence-electron chi connectivity index (χ1n) is 13.0. The van der Waals surface area contributed by atoms with Crippen LogP contribution in [0, 0.1) is 17.2 Å².